The van der Waals surface area contributed by atoms with Gasteiger partial charge in [-0.1, -0.05) is 12.1 Å². The van der Waals surface area contributed by atoms with Crippen molar-refractivity contribution in [1.82, 2.24) is 5.32 Å². The summed E-state index contributed by atoms with van der Waals surface area (Å²) in [6.07, 6.45) is -1.69. The fraction of sp³-hybridized carbons (Fsp3) is 0.214. The Bertz CT molecular complexity index is 573. The van der Waals surface area contributed by atoms with Gasteiger partial charge in [-0.15, -0.1) is 0 Å². The fourth-order valence-corrected chi connectivity index (χ4v) is 1.72. The van der Waals surface area contributed by atoms with Gasteiger partial charge in [-0.05, 0) is 30.7 Å². The molecule has 0 saturated heterocycles. The number of carbonyl (C=O) groups is 1. The van der Waals surface area contributed by atoms with Crippen LogP contribution in [0.1, 0.15) is 34.5 Å². The maximum atomic E-state index is 12.4. The molecule has 0 unspecified atom stereocenters. The molecule has 1 aromatic heterocycles. The number of hydrogen-bond donors (Lipinski definition) is 1. The Labute approximate surface area is 113 Å². The van der Waals surface area contributed by atoms with Crippen molar-refractivity contribution in [1.29, 1.82) is 0 Å². The first kappa shape index (κ1) is 14.2. The lowest BCUT2D eigenvalue weighted by atomic mass is 10.1. The molecule has 1 atom stereocenters. The summed E-state index contributed by atoms with van der Waals surface area (Å²) in [5.41, 5.74) is 0.244. The van der Waals surface area contributed by atoms with Crippen LogP contribution in [-0.4, -0.2) is 5.91 Å². The van der Waals surface area contributed by atoms with E-state index in [1.54, 1.807) is 6.92 Å². The number of carbonyl (C=O) groups excluding carboxylic acids is 1. The van der Waals surface area contributed by atoms with Crippen LogP contribution in [0.15, 0.2) is 47.3 Å². The Kier molecular flexibility index (Phi) is 3.83. The number of furan rings is 1. The summed E-state index contributed by atoms with van der Waals surface area (Å²) >= 11 is 0. The zero-order valence-electron chi connectivity index (χ0n) is 10.6. The Hall–Kier alpha value is -2.24. The first-order valence-corrected chi connectivity index (χ1v) is 5.88. The minimum atomic E-state index is -4.36. The van der Waals surface area contributed by atoms with Gasteiger partial charge in [0, 0.05) is 0 Å². The molecule has 20 heavy (non-hydrogen) atoms. The largest absolute Gasteiger partial charge is 0.472 e. The van der Waals surface area contributed by atoms with Gasteiger partial charge in [0.1, 0.15) is 6.26 Å². The zero-order valence-corrected chi connectivity index (χ0v) is 10.6. The molecule has 0 bridgehead atoms. The van der Waals surface area contributed by atoms with Gasteiger partial charge >= 0.3 is 6.18 Å². The Morgan fingerprint density at radius 3 is 2.35 bits per heavy atom. The van der Waals surface area contributed by atoms with Crippen molar-refractivity contribution in [2.75, 3.05) is 0 Å². The minimum absolute atomic E-state index is 0.342. The van der Waals surface area contributed by atoms with Crippen LogP contribution in [0, 0.1) is 0 Å². The van der Waals surface area contributed by atoms with Crippen molar-refractivity contribution in [3.8, 4) is 0 Å². The van der Waals surface area contributed by atoms with Gasteiger partial charge in [0.25, 0.3) is 5.91 Å². The van der Waals surface area contributed by atoms with Crippen LogP contribution in [0.5, 0.6) is 0 Å². The first-order valence-electron chi connectivity index (χ1n) is 5.88. The van der Waals surface area contributed by atoms with Crippen molar-refractivity contribution in [2.45, 2.75) is 19.1 Å². The van der Waals surface area contributed by atoms with E-state index in [9.17, 15) is 18.0 Å². The average Bonchev–Trinajstić information content (AvgIpc) is 2.91. The smallest absolute Gasteiger partial charge is 0.416 e. The molecule has 1 aromatic carbocycles. The third kappa shape index (κ3) is 3.20. The van der Waals surface area contributed by atoms with Crippen molar-refractivity contribution < 1.29 is 22.4 Å². The predicted molar refractivity (Wildman–Crippen MR) is 66.0 cm³/mol. The molecule has 0 spiro atoms. The fourth-order valence-electron chi connectivity index (χ4n) is 1.72. The van der Waals surface area contributed by atoms with E-state index in [1.807, 2.05) is 0 Å². The molecule has 6 heteroatoms. The van der Waals surface area contributed by atoms with Crippen LogP contribution in [0.3, 0.4) is 0 Å². The quantitative estimate of drug-likeness (QED) is 0.931. The number of nitrogens with one attached hydrogen (secondary N) is 1. The number of benzene rings is 1. The second-order valence-electron chi connectivity index (χ2n) is 4.33. The van der Waals surface area contributed by atoms with Crippen LogP contribution >= 0.6 is 0 Å². The van der Waals surface area contributed by atoms with Crippen LogP contribution < -0.4 is 5.32 Å². The van der Waals surface area contributed by atoms with Crippen LogP contribution in [0.25, 0.3) is 0 Å². The van der Waals surface area contributed by atoms with Gasteiger partial charge in [-0.2, -0.15) is 13.2 Å². The van der Waals surface area contributed by atoms with E-state index in [1.165, 1.54) is 30.7 Å². The number of halogens is 3. The van der Waals surface area contributed by atoms with E-state index in [2.05, 4.69) is 5.32 Å². The second-order valence-corrected chi connectivity index (χ2v) is 4.33. The predicted octanol–water partition coefficient (Wildman–Crippen LogP) is 3.79. The highest BCUT2D eigenvalue weighted by molar-refractivity contribution is 5.93. The van der Waals surface area contributed by atoms with Gasteiger partial charge in [-0.3, -0.25) is 4.79 Å². The number of amides is 1. The molecular weight excluding hydrogens is 271 g/mol. The molecule has 3 nitrogen and oxygen atoms in total. The number of rotatable bonds is 3. The Balaban J connectivity index is 2.06. The first-order chi connectivity index (χ1) is 9.38. The topological polar surface area (TPSA) is 42.2 Å². The summed E-state index contributed by atoms with van der Waals surface area (Å²) in [6, 6.07) is 5.80. The highest BCUT2D eigenvalue weighted by Gasteiger charge is 2.30. The summed E-state index contributed by atoms with van der Waals surface area (Å²) < 4.78 is 42.1. The van der Waals surface area contributed by atoms with Gasteiger partial charge in [0.05, 0.1) is 23.4 Å². The van der Waals surface area contributed by atoms with E-state index >= 15 is 0 Å². The molecule has 1 N–H and O–H groups in total. The number of hydrogen-bond acceptors (Lipinski definition) is 2. The maximum Gasteiger partial charge on any atom is 0.416 e. The second kappa shape index (κ2) is 5.40. The molecule has 0 aliphatic carbocycles. The van der Waals surface area contributed by atoms with Gasteiger partial charge in [-0.25, -0.2) is 0 Å². The monoisotopic (exact) mass is 283 g/mol. The van der Waals surface area contributed by atoms with Crippen molar-refractivity contribution >= 4 is 5.91 Å². The molecule has 0 aliphatic heterocycles. The van der Waals surface area contributed by atoms with Crippen molar-refractivity contribution in [3.63, 3.8) is 0 Å². The van der Waals surface area contributed by atoms with Crippen LogP contribution in [-0.2, 0) is 6.18 Å². The summed E-state index contributed by atoms with van der Waals surface area (Å²) in [5.74, 6) is -0.342. The van der Waals surface area contributed by atoms with E-state index in [4.69, 9.17) is 4.42 Å². The molecule has 2 rings (SSSR count). The van der Waals surface area contributed by atoms with E-state index in [0.29, 0.717) is 11.1 Å². The molecule has 0 radical (unpaired) electrons. The lowest BCUT2D eigenvalue weighted by Gasteiger charge is -2.15. The third-order valence-electron chi connectivity index (χ3n) is 2.87. The Morgan fingerprint density at radius 2 is 1.85 bits per heavy atom. The molecule has 106 valence electrons. The minimum Gasteiger partial charge on any atom is -0.472 e. The molecule has 1 amide bonds. The maximum absolute atomic E-state index is 12.4. The number of alkyl halides is 3. The van der Waals surface area contributed by atoms with E-state index in [0.717, 1.165) is 12.1 Å². The molecule has 0 aliphatic rings. The van der Waals surface area contributed by atoms with Gasteiger partial charge in [0.15, 0.2) is 0 Å². The molecule has 1 heterocycles. The summed E-state index contributed by atoms with van der Waals surface area (Å²) in [6.45, 7) is 1.70. The summed E-state index contributed by atoms with van der Waals surface area (Å²) in [4.78, 5) is 11.8. The van der Waals surface area contributed by atoms with Crippen molar-refractivity contribution in [2.24, 2.45) is 0 Å². The standard InChI is InChI=1S/C14H12F3NO2/c1-9(18-13(19)11-6-7-20-8-11)10-2-4-12(5-3-10)14(15,16)17/h2-9H,1H3,(H,18,19)/t9-/m1/s1. The van der Waals surface area contributed by atoms with E-state index < -0.39 is 17.8 Å². The third-order valence-corrected chi connectivity index (χ3v) is 2.87. The average molecular weight is 283 g/mol. The molecule has 2 aromatic rings. The summed E-state index contributed by atoms with van der Waals surface area (Å²) in [5, 5.41) is 2.68. The molecular formula is C14H12F3NO2. The molecule has 0 saturated carbocycles. The SMILES string of the molecule is C[C@@H](NC(=O)c1ccoc1)c1ccc(C(F)(F)F)cc1. The van der Waals surface area contributed by atoms with Crippen molar-refractivity contribution in [3.05, 3.63) is 59.5 Å². The highest BCUT2D eigenvalue weighted by Crippen LogP contribution is 2.29. The lowest BCUT2D eigenvalue weighted by Crippen LogP contribution is -2.26. The van der Waals surface area contributed by atoms with Crippen LogP contribution in [0.4, 0.5) is 13.2 Å². The van der Waals surface area contributed by atoms with Gasteiger partial charge in [0.2, 0.25) is 0 Å². The normalized spacial score (nSPS) is 13.0. The highest BCUT2D eigenvalue weighted by atomic mass is 19.4. The lowest BCUT2D eigenvalue weighted by molar-refractivity contribution is -0.137. The zero-order chi connectivity index (χ0) is 14.8. The summed E-state index contributed by atoms with van der Waals surface area (Å²) in [7, 11) is 0. The van der Waals surface area contributed by atoms with E-state index in [-0.39, 0.29) is 5.91 Å². The molecule has 0 fully saturated rings. The Morgan fingerprint density at radius 1 is 1.20 bits per heavy atom. The van der Waals surface area contributed by atoms with Gasteiger partial charge < -0.3 is 9.73 Å². The van der Waals surface area contributed by atoms with Crippen LogP contribution in [0.2, 0.25) is 0 Å².